The highest BCUT2D eigenvalue weighted by Gasteiger charge is 2.38. The summed E-state index contributed by atoms with van der Waals surface area (Å²) in [6.45, 7) is 0.563. The van der Waals surface area contributed by atoms with E-state index in [1.807, 2.05) is 23.1 Å². The Balaban J connectivity index is 2.04. The number of ether oxygens (including phenoxy) is 1. The van der Waals surface area contributed by atoms with Crippen molar-refractivity contribution < 1.29 is 26.3 Å². The number of nitrogens with two attached hydrogens (primary N) is 1. The van der Waals surface area contributed by atoms with Crippen molar-refractivity contribution in [2.45, 2.75) is 30.0 Å². The van der Waals surface area contributed by atoms with E-state index in [1.54, 1.807) is 13.2 Å². The summed E-state index contributed by atoms with van der Waals surface area (Å²) in [5, 5.41) is 4.95. The van der Waals surface area contributed by atoms with E-state index in [-0.39, 0.29) is 6.04 Å². The molecule has 0 radical (unpaired) electrons. The number of sulfonamides is 1. The predicted molar refractivity (Wildman–Crippen MR) is 95.1 cm³/mol. The van der Waals surface area contributed by atoms with Gasteiger partial charge in [0, 0.05) is 12.2 Å². The second-order valence-corrected chi connectivity index (χ2v) is 7.88. The molecule has 0 amide bonds. The Morgan fingerprint density at radius 1 is 1.19 bits per heavy atom. The smallest absolute Gasteiger partial charge is 0.417 e. The third kappa shape index (κ3) is 4.03. The molecule has 0 aliphatic carbocycles. The molecule has 0 spiro atoms. The van der Waals surface area contributed by atoms with E-state index in [9.17, 15) is 21.6 Å². The average Bonchev–Trinajstić information content (AvgIpc) is 3.09. The Kier molecular flexibility index (Phi) is 5.09. The first-order valence-corrected chi connectivity index (χ1v) is 9.80. The number of alkyl halides is 3. The molecule has 146 valence electrons. The van der Waals surface area contributed by atoms with Crippen LogP contribution in [0.25, 0.3) is 0 Å². The standard InChI is InChI=1S/C18H19F3N2O3S/c1-26-14-5-2-4-12(10-14)16-6-3-9-23(16)13-7-8-17(27(22,24)25)15(11-13)18(19,20)21/h2,4-5,7-8,10-11,16H,3,6,9H2,1H3,(H2,22,24,25). The Morgan fingerprint density at radius 2 is 1.93 bits per heavy atom. The van der Waals surface area contributed by atoms with Gasteiger partial charge in [0.25, 0.3) is 0 Å². The molecule has 1 saturated heterocycles. The van der Waals surface area contributed by atoms with Gasteiger partial charge < -0.3 is 9.64 Å². The van der Waals surface area contributed by atoms with Crippen molar-refractivity contribution in [1.82, 2.24) is 0 Å². The number of methoxy groups -OCH3 is 1. The van der Waals surface area contributed by atoms with Crippen molar-refractivity contribution >= 4 is 15.7 Å². The lowest BCUT2D eigenvalue weighted by atomic mass is 10.0. The van der Waals surface area contributed by atoms with Gasteiger partial charge in [0.15, 0.2) is 0 Å². The highest BCUT2D eigenvalue weighted by Crippen LogP contribution is 2.41. The van der Waals surface area contributed by atoms with Crippen molar-refractivity contribution in [3.63, 3.8) is 0 Å². The maximum Gasteiger partial charge on any atom is 0.417 e. The van der Waals surface area contributed by atoms with Crippen molar-refractivity contribution in [3.8, 4) is 5.75 Å². The molecule has 1 aliphatic rings. The molecule has 2 aromatic rings. The minimum Gasteiger partial charge on any atom is -0.497 e. The molecule has 9 heteroatoms. The van der Waals surface area contributed by atoms with Crippen LogP contribution in [0.1, 0.15) is 30.0 Å². The van der Waals surface area contributed by atoms with Gasteiger partial charge in [0.2, 0.25) is 10.0 Å². The molecule has 1 fully saturated rings. The molecule has 27 heavy (non-hydrogen) atoms. The fourth-order valence-electron chi connectivity index (χ4n) is 3.44. The van der Waals surface area contributed by atoms with Gasteiger partial charge in [-0.05, 0) is 48.7 Å². The maximum atomic E-state index is 13.4. The summed E-state index contributed by atoms with van der Waals surface area (Å²) in [5.74, 6) is 0.667. The van der Waals surface area contributed by atoms with Gasteiger partial charge >= 0.3 is 6.18 Å². The van der Waals surface area contributed by atoms with Crippen molar-refractivity contribution in [2.75, 3.05) is 18.6 Å². The molecule has 3 rings (SSSR count). The minimum atomic E-state index is -4.83. The molecule has 0 saturated carbocycles. The Bertz CT molecular complexity index is 945. The van der Waals surface area contributed by atoms with Crippen LogP contribution >= 0.6 is 0 Å². The molecule has 1 atom stereocenters. The number of hydrogen-bond acceptors (Lipinski definition) is 4. The topological polar surface area (TPSA) is 72.6 Å². The molecule has 1 unspecified atom stereocenters. The molecule has 1 heterocycles. The van der Waals surface area contributed by atoms with Crippen LogP contribution in [-0.4, -0.2) is 22.1 Å². The first-order chi connectivity index (χ1) is 12.6. The molecule has 1 aliphatic heterocycles. The van der Waals surface area contributed by atoms with Gasteiger partial charge in [-0.2, -0.15) is 13.2 Å². The summed E-state index contributed by atoms with van der Waals surface area (Å²) in [4.78, 5) is 0.924. The number of nitrogens with zero attached hydrogens (tertiary/aromatic N) is 1. The van der Waals surface area contributed by atoms with Crippen molar-refractivity contribution in [1.29, 1.82) is 0 Å². The first kappa shape index (κ1) is 19.5. The highest BCUT2D eigenvalue weighted by atomic mass is 32.2. The number of primary sulfonamides is 1. The van der Waals surface area contributed by atoms with E-state index in [1.165, 1.54) is 6.07 Å². The van der Waals surface area contributed by atoms with E-state index in [0.717, 1.165) is 30.5 Å². The van der Waals surface area contributed by atoms with Crippen LogP contribution in [0.3, 0.4) is 0 Å². The molecule has 0 aromatic heterocycles. The van der Waals surface area contributed by atoms with E-state index >= 15 is 0 Å². The monoisotopic (exact) mass is 400 g/mol. The summed E-state index contributed by atoms with van der Waals surface area (Å²) < 4.78 is 68.5. The Hall–Kier alpha value is -2.26. The largest absolute Gasteiger partial charge is 0.497 e. The van der Waals surface area contributed by atoms with E-state index in [0.29, 0.717) is 18.0 Å². The fraction of sp³-hybridized carbons (Fsp3) is 0.333. The minimum absolute atomic E-state index is 0.124. The third-order valence-electron chi connectivity index (χ3n) is 4.64. The quantitative estimate of drug-likeness (QED) is 0.849. The Morgan fingerprint density at radius 3 is 2.56 bits per heavy atom. The predicted octanol–water partition coefficient (Wildman–Crippen LogP) is 3.70. The van der Waals surface area contributed by atoms with Gasteiger partial charge in [0.05, 0.1) is 23.6 Å². The van der Waals surface area contributed by atoms with E-state index in [2.05, 4.69) is 0 Å². The lowest BCUT2D eigenvalue weighted by Crippen LogP contribution is -2.24. The van der Waals surface area contributed by atoms with Gasteiger partial charge in [-0.15, -0.1) is 0 Å². The lowest BCUT2D eigenvalue weighted by Gasteiger charge is -2.28. The number of hydrogen-bond donors (Lipinski definition) is 1. The lowest BCUT2D eigenvalue weighted by molar-refractivity contribution is -0.139. The van der Waals surface area contributed by atoms with Crippen LogP contribution in [0, 0.1) is 0 Å². The fourth-order valence-corrected chi connectivity index (χ4v) is 4.18. The SMILES string of the molecule is COc1cccc(C2CCCN2c2ccc(S(N)(=O)=O)c(C(F)(F)F)c2)c1. The number of halogens is 3. The van der Waals surface area contributed by atoms with Crippen LogP contribution in [0.5, 0.6) is 5.75 Å². The molecule has 2 N–H and O–H groups in total. The Labute approximate surface area is 155 Å². The van der Waals surface area contributed by atoms with Crippen molar-refractivity contribution in [2.24, 2.45) is 5.14 Å². The van der Waals surface area contributed by atoms with Gasteiger partial charge in [-0.3, -0.25) is 0 Å². The molecular formula is C18H19F3N2O3S. The summed E-state index contributed by atoms with van der Waals surface area (Å²) in [6.07, 6.45) is -3.26. The number of benzene rings is 2. The van der Waals surface area contributed by atoms with Crippen LogP contribution < -0.4 is 14.8 Å². The summed E-state index contributed by atoms with van der Waals surface area (Å²) in [7, 11) is -2.94. The summed E-state index contributed by atoms with van der Waals surface area (Å²) in [5.41, 5.74) is -0.0187. The van der Waals surface area contributed by atoms with E-state index < -0.39 is 26.7 Å². The van der Waals surface area contributed by atoms with Crippen LogP contribution in [0.4, 0.5) is 18.9 Å². The van der Waals surface area contributed by atoms with Crippen molar-refractivity contribution in [3.05, 3.63) is 53.6 Å². The maximum absolute atomic E-state index is 13.4. The van der Waals surface area contributed by atoms with Crippen LogP contribution in [-0.2, 0) is 16.2 Å². The van der Waals surface area contributed by atoms with Gasteiger partial charge in [0.1, 0.15) is 5.75 Å². The molecular weight excluding hydrogens is 381 g/mol. The second-order valence-electron chi connectivity index (χ2n) is 6.35. The summed E-state index contributed by atoms with van der Waals surface area (Å²) in [6, 6.07) is 10.4. The number of anilines is 1. The first-order valence-electron chi connectivity index (χ1n) is 8.26. The van der Waals surface area contributed by atoms with Crippen LogP contribution in [0.2, 0.25) is 0 Å². The highest BCUT2D eigenvalue weighted by molar-refractivity contribution is 7.89. The zero-order valence-electron chi connectivity index (χ0n) is 14.5. The summed E-state index contributed by atoms with van der Waals surface area (Å²) >= 11 is 0. The number of rotatable bonds is 4. The second kappa shape index (κ2) is 7.05. The van der Waals surface area contributed by atoms with Gasteiger partial charge in [-0.25, -0.2) is 13.6 Å². The van der Waals surface area contributed by atoms with E-state index in [4.69, 9.17) is 9.88 Å². The van der Waals surface area contributed by atoms with Gasteiger partial charge in [-0.1, -0.05) is 12.1 Å². The normalized spacial score (nSPS) is 18.0. The van der Waals surface area contributed by atoms with Crippen LogP contribution in [0.15, 0.2) is 47.4 Å². The average molecular weight is 400 g/mol. The molecule has 5 nitrogen and oxygen atoms in total. The molecule has 2 aromatic carbocycles. The zero-order chi connectivity index (χ0) is 19.8. The third-order valence-corrected chi connectivity index (χ3v) is 5.61. The zero-order valence-corrected chi connectivity index (χ0v) is 15.3. The molecule has 0 bridgehead atoms.